The number of rotatable bonds is 5. The Morgan fingerprint density at radius 2 is 1.59 bits per heavy atom. The quantitative estimate of drug-likeness (QED) is 0.367. The highest BCUT2D eigenvalue weighted by atomic mass is 32.2. The van der Waals surface area contributed by atoms with E-state index in [0.29, 0.717) is 22.0 Å². The highest BCUT2D eigenvalue weighted by Crippen LogP contribution is 2.37. The predicted molar refractivity (Wildman–Crippen MR) is 132 cm³/mol. The van der Waals surface area contributed by atoms with Crippen LogP contribution in [-0.2, 0) is 0 Å². The predicted octanol–water partition coefficient (Wildman–Crippen LogP) is 5.48. The molecule has 5 aromatic rings. The summed E-state index contributed by atoms with van der Waals surface area (Å²) in [6.07, 6.45) is 0. The monoisotopic (exact) mass is 469 g/mol. The normalized spacial score (nSPS) is 11.0. The van der Waals surface area contributed by atoms with Crippen molar-refractivity contribution in [3.8, 4) is 28.4 Å². The number of methoxy groups -OCH3 is 1. The molecule has 0 spiro atoms. The molecule has 0 unspecified atom stereocenters. The smallest absolute Gasteiger partial charge is 0.354 e. The van der Waals surface area contributed by atoms with Gasteiger partial charge in [0.05, 0.1) is 12.8 Å². The van der Waals surface area contributed by atoms with Gasteiger partial charge in [0, 0.05) is 16.6 Å². The first-order valence-electron chi connectivity index (χ1n) is 10.5. The van der Waals surface area contributed by atoms with E-state index in [1.165, 1.54) is 4.57 Å². The van der Waals surface area contributed by atoms with E-state index in [1.807, 2.05) is 60.7 Å². The Morgan fingerprint density at radius 3 is 2.29 bits per heavy atom. The molecule has 5 rings (SSSR count). The molecule has 0 atom stereocenters. The molecule has 0 bridgehead atoms. The number of aromatic nitrogens is 1. The molecular formula is C27H19NO5S. The third-order valence-corrected chi connectivity index (χ3v) is 6.41. The minimum Gasteiger partial charge on any atom is -0.505 e. The molecule has 0 aliphatic rings. The molecule has 6 nitrogen and oxygen atoms in total. The van der Waals surface area contributed by atoms with Crippen molar-refractivity contribution in [3.63, 3.8) is 0 Å². The zero-order valence-electron chi connectivity index (χ0n) is 18.1. The largest absolute Gasteiger partial charge is 0.505 e. The third kappa shape index (κ3) is 3.86. The van der Waals surface area contributed by atoms with Crippen LogP contribution < -0.4 is 15.9 Å². The van der Waals surface area contributed by atoms with Crippen LogP contribution in [0.1, 0.15) is 0 Å². The lowest BCUT2D eigenvalue weighted by molar-refractivity contribution is 0.413. The lowest BCUT2D eigenvalue weighted by atomic mass is 10.1. The van der Waals surface area contributed by atoms with Crippen molar-refractivity contribution in [2.75, 3.05) is 7.11 Å². The number of fused-ring (bicyclic) bond motifs is 1. The molecule has 2 aromatic heterocycles. The zero-order valence-corrected chi connectivity index (χ0v) is 18.9. The highest BCUT2D eigenvalue weighted by molar-refractivity contribution is 7.99. The standard InChI is InChI=1S/C27H19NO5S/c1-32-19-13-8-14-20(15-19)34-25-24(29)23-22(33-27(25)31)16-21(17-9-4-2-5-10-17)28(26(23)30)18-11-6-3-7-12-18/h2-16,29H,1H3. The maximum absolute atomic E-state index is 13.8. The van der Waals surface area contributed by atoms with E-state index in [4.69, 9.17) is 9.15 Å². The van der Waals surface area contributed by atoms with Gasteiger partial charge in [-0.3, -0.25) is 9.36 Å². The van der Waals surface area contributed by atoms with Gasteiger partial charge in [0.1, 0.15) is 21.6 Å². The van der Waals surface area contributed by atoms with Gasteiger partial charge < -0.3 is 14.3 Å². The molecule has 0 radical (unpaired) electrons. The molecule has 0 saturated heterocycles. The van der Waals surface area contributed by atoms with Gasteiger partial charge in [0.15, 0.2) is 5.75 Å². The Balaban J connectivity index is 1.78. The minimum atomic E-state index is -0.728. The first-order valence-corrected chi connectivity index (χ1v) is 11.3. The Kier molecular flexibility index (Phi) is 5.69. The highest BCUT2D eigenvalue weighted by Gasteiger charge is 2.22. The fourth-order valence-electron chi connectivity index (χ4n) is 3.77. The van der Waals surface area contributed by atoms with Gasteiger partial charge in [-0.15, -0.1) is 0 Å². The topological polar surface area (TPSA) is 81.7 Å². The van der Waals surface area contributed by atoms with Crippen LogP contribution in [0, 0.1) is 0 Å². The summed E-state index contributed by atoms with van der Waals surface area (Å²) in [5.41, 5.74) is 0.738. The van der Waals surface area contributed by atoms with E-state index in [2.05, 4.69) is 0 Å². The zero-order chi connectivity index (χ0) is 23.7. The minimum absolute atomic E-state index is 0.0218. The number of para-hydroxylation sites is 1. The van der Waals surface area contributed by atoms with Crippen LogP contribution in [0.3, 0.4) is 0 Å². The van der Waals surface area contributed by atoms with Crippen molar-refractivity contribution in [2.24, 2.45) is 0 Å². The van der Waals surface area contributed by atoms with E-state index in [1.54, 1.807) is 37.4 Å². The lowest BCUT2D eigenvalue weighted by Gasteiger charge is -2.15. The number of pyridine rings is 1. The molecule has 0 aliphatic heterocycles. The maximum atomic E-state index is 13.8. The Bertz CT molecular complexity index is 1610. The van der Waals surface area contributed by atoms with Crippen LogP contribution in [0.2, 0.25) is 0 Å². The van der Waals surface area contributed by atoms with Crippen LogP contribution in [0.4, 0.5) is 0 Å². The van der Waals surface area contributed by atoms with Gasteiger partial charge in [-0.05, 0) is 35.9 Å². The Labute approximate surface area is 198 Å². The average molecular weight is 470 g/mol. The molecule has 7 heteroatoms. The number of ether oxygens (including phenoxy) is 1. The molecule has 0 amide bonds. The molecule has 1 N–H and O–H groups in total. The fraction of sp³-hybridized carbons (Fsp3) is 0.0370. The third-order valence-electron chi connectivity index (χ3n) is 5.36. The second-order valence-electron chi connectivity index (χ2n) is 7.46. The summed E-state index contributed by atoms with van der Waals surface area (Å²) < 4.78 is 12.3. The molecule has 0 fully saturated rings. The molecule has 2 heterocycles. The number of benzene rings is 3. The van der Waals surface area contributed by atoms with Gasteiger partial charge in [-0.1, -0.05) is 66.4 Å². The van der Waals surface area contributed by atoms with Crippen LogP contribution in [-0.4, -0.2) is 16.8 Å². The summed E-state index contributed by atoms with van der Waals surface area (Å²) in [6, 6.07) is 27.1. The van der Waals surface area contributed by atoms with Crippen LogP contribution in [0.15, 0.2) is 115 Å². The molecule has 3 aromatic carbocycles. The van der Waals surface area contributed by atoms with Gasteiger partial charge in [0.2, 0.25) is 0 Å². The molecule has 0 saturated carbocycles. The van der Waals surface area contributed by atoms with Crippen LogP contribution in [0.5, 0.6) is 11.5 Å². The van der Waals surface area contributed by atoms with Crippen molar-refractivity contribution in [2.45, 2.75) is 9.79 Å². The average Bonchev–Trinajstić information content (AvgIpc) is 2.87. The van der Waals surface area contributed by atoms with Gasteiger partial charge in [-0.2, -0.15) is 0 Å². The second-order valence-corrected chi connectivity index (χ2v) is 8.54. The Hall–Kier alpha value is -4.23. The summed E-state index contributed by atoms with van der Waals surface area (Å²) in [7, 11) is 1.54. The summed E-state index contributed by atoms with van der Waals surface area (Å²) in [5.74, 6) is 0.196. The van der Waals surface area contributed by atoms with E-state index >= 15 is 0 Å². The lowest BCUT2D eigenvalue weighted by Crippen LogP contribution is -2.21. The van der Waals surface area contributed by atoms with Crippen molar-refractivity contribution >= 4 is 22.7 Å². The maximum Gasteiger partial charge on any atom is 0.354 e. The van der Waals surface area contributed by atoms with E-state index in [9.17, 15) is 14.7 Å². The molecule has 0 aliphatic carbocycles. The van der Waals surface area contributed by atoms with Crippen molar-refractivity contribution in [3.05, 3.63) is 112 Å². The van der Waals surface area contributed by atoms with Gasteiger partial charge in [0.25, 0.3) is 5.56 Å². The summed E-state index contributed by atoms with van der Waals surface area (Å²) in [6.45, 7) is 0. The molecular weight excluding hydrogens is 450 g/mol. The number of nitrogens with zero attached hydrogens (tertiary/aromatic N) is 1. The SMILES string of the molecule is COc1cccc(Sc2c(O)c3c(=O)n(-c4ccccc4)c(-c4ccccc4)cc3oc2=O)c1. The summed E-state index contributed by atoms with van der Waals surface area (Å²) >= 11 is 1.01. The van der Waals surface area contributed by atoms with E-state index < -0.39 is 16.9 Å². The van der Waals surface area contributed by atoms with E-state index in [0.717, 1.165) is 17.3 Å². The van der Waals surface area contributed by atoms with Crippen LogP contribution in [0.25, 0.3) is 27.9 Å². The van der Waals surface area contributed by atoms with E-state index in [-0.39, 0.29) is 15.9 Å². The van der Waals surface area contributed by atoms with Gasteiger partial charge in [-0.25, -0.2) is 4.79 Å². The first-order chi connectivity index (χ1) is 16.6. The van der Waals surface area contributed by atoms with Crippen molar-refractivity contribution in [1.29, 1.82) is 0 Å². The number of aromatic hydroxyl groups is 1. The number of hydrogen-bond acceptors (Lipinski definition) is 6. The molecule has 34 heavy (non-hydrogen) atoms. The Morgan fingerprint density at radius 1 is 0.882 bits per heavy atom. The summed E-state index contributed by atoms with van der Waals surface area (Å²) in [5, 5.41) is 11.0. The fourth-order valence-corrected chi connectivity index (χ4v) is 4.65. The number of hydrogen-bond donors (Lipinski definition) is 1. The van der Waals surface area contributed by atoms with Crippen molar-refractivity contribution < 1.29 is 14.3 Å². The van der Waals surface area contributed by atoms with Gasteiger partial charge >= 0.3 is 5.63 Å². The van der Waals surface area contributed by atoms with Crippen molar-refractivity contribution in [1.82, 2.24) is 4.57 Å². The van der Waals surface area contributed by atoms with Crippen LogP contribution >= 0.6 is 11.8 Å². The summed E-state index contributed by atoms with van der Waals surface area (Å²) in [4.78, 5) is 27.2. The molecule has 168 valence electrons. The second kappa shape index (κ2) is 8.96. The first kappa shape index (κ1) is 21.6.